The van der Waals surface area contributed by atoms with Crippen molar-refractivity contribution < 1.29 is 22.4 Å². The van der Waals surface area contributed by atoms with E-state index in [1.54, 1.807) is 28.9 Å². The maximum absolute atomic E-state index is 14.4. The number of aromatic nitrogens is 5. The number of hydrogen-bond donors (Lipinski definition) is 1. The summed E-state index contributed by atoms with van der Waals surface area (Å²) in [6.45, 7) is 2.39. The number of rotatable bonds is 4. The van der Waals surface area contributed by atoms with Gasteiger partial charge in [0.1, 0.15) is 6.04 Å². The van der Waals surface area contributed by atoms with Crippen LogP contribution in [0.4, 0.5) is 13.2 Å². The molecule has 0 bridgehead atoms. The zero-order chi connectivity index (χ0) is 23.5. The molecule has 1 atom stereocenters. The van der Waals surface area contributed by atoms with E-state index in [-0.39, 0.29) is 6.54 Å². The third-order valence-corrected chi connectivity index (χ3v) is 5.82. The third kappa shape index (κ3) is 3.56. The van der Waals surface area contributed by atoms with Crippen LogP contribution in [0.2, 0.25) is 5.02 Å². The molecule has 1 amide bonds. The van der Waals surface area contributed by atoms with E-state index in [1.165, 1.54) is 11.2 Å². The van der Waals surface area contributed by atoms with Crippen LogP contribution in [0, 0.1) is 0 Å². The number of nitrogens with zero attached hydrogens (tertiary/aromatic N) is 5. The Balaban J connectivity index is 1.63. The van der Waals surface area contributed by atoms with Gasteiger partial charge in [0.2, 0.25) is 11.7 Å². The first-order valence-corrected chi connectivity index (χ1v) is 10.5. The van der Waals surface area contributed by atoms with Crippen LogP contribution < -0.4 is 0 Å². The number of H-pyrrole nitrogens is 1. The van der Waals surface area contributed by atoms with Gasteiger partial charge in [-0.1, -0.05) is 11.6 Å². The van der Waals surface area contributed by atoms with E-state index in [0.717, 1.165) is 19.5 Å². The number of imidazole rings is 1. The summed E-state index contributed by atoms with van der Waals surface area (Å²) in [5, 5.41) is 4.99. The fraction of sp³-hybridized carbons (Fsp3) is 0.333. The van der Waals surface area contributed by atoms with E-state index < -0.39 is 41.4 Å². The van der Waals surface area contributed by atoms with Crippen molar-refractivity contribution in [3.8, 4) is 0 Å². The summed E-state index contributed by atoms with van der Waals surface area (Å²) in [7, 11) is 0. The quantitative estimate of drug-likeness (QED) is 0.461. The number of hydrogen-bond acceptors (Lipinski definition) is 5. The molecular weight excluding hydrogens is 461 g/mol. The van der Waals surface area contributed by atoms with Gasteiger partial charge in [-0.3, -0.25) is 4.79 Å². The molecule has 4 aromatic heterocycles. The minimum Gasteiger partial charge on any atom is -0.431 e. The zero-order valence-electron chi connectivity index (χ0n) is 17.5. The smallest absolute Gasteiger partial charge is 0.292 e. The number of aromatic amines is 1. The Morgan fingerprint density at radius 1 is 1.39 bits per heavy atom. The van der Waals surface area contributed by atoms with Crippen molar-refractivity contribution in [2.24, 2.45) is 0 Å². The topological polar surface area (TPSA) is 92.3 Å². The van der Waals surface area contributed by atoms with Gasteiger partial charge in [-0.2, -0.15) is 5.10 Å². The van der Waals surface area contributed by atoms with Crippen LogP contribution in [0.5, 0.6) is 0 Å². The third-order valence-electron chi connectivity index (χ3n) is 5.50. The summed E-state index contributed by atoms with van der Waals surface area (Å²) in [6, 6.07) is 4.33. The predicted molar refractivity (Wildman–Crippen MR) is 111 cm³/mol. The zero-order valence-corrected chi connectivity index (χ0v) is 18.3. The molecule has 172 valence electrons. The lowest BCUT2D eigenvalue weighted by molar-refractivity contribution is 0.0630. The van der Waals surface area contributed by atoms with Crippen LogP contribution in [0.1, 0.15) is 65.5 Å². The number of pyridine rings is 1. The molecule has 33 heavy (non-hydrogen) atoms. The molecule has 0 saturated heterocycles. The summed E-state index contributed by atoms with van der Waals surface area (Å²) >= 11 is 6.28. The number of fused-ring (bicyclic) bond motifs is 2. The van der Waals surface area contributed by atoms with Crippen LogP contribution in [0.15, 0.2) is 35.1 Å². The SMILES string of the molecule is CC(C)(F)c1nc(C(F)F)c(C(=O)N2CCc3[nH]cnc3C2c2cc3c(Cl)cccn3n2)o1. The Labute approximate surface area is 190 Å². The molecule has 1 N–H and O–H groups in total. The van der Waals surface area contributed by atoms with E-state index in [9.17, 15) is 18.0 Å². The fourth-order valence-electron chi connectivity index (χ4n) is 3.95. The molecule has 5 rings (SSSR count). The summed E-state index contributed by atoms with van der Waals surface area (Å²) in [4.78, 5) is 25.8. The van der Waals surface area contributed by atoms with E-state index >= 15 is 0 Å². The Kier molecular flexibility index (Phi) is 4.96. The molecule has 0 saturated carbocycles. The highest BCUT2D eigenvalue weighted by Gasteiger charge is 2.41. The number of alkyl halides is 3. The summed E-state index contributed by atoms with van der Waals surface area (Å²) in [5.74, 6) is -2.14. The van der Waals surface area contributed by atoms with Gasteiger partial charge in [-0.15, -0.1) is 0 Å². The predicted octanol–water partition coefficient (Wildman–Crippen LogP) is 4.63. The average Bonchev–Trinajstić information content (AvgIpc) is 3.49. The van der Waals surface area contributed by atoms with E-state index in [2.05, 4.69) is 20.1 Å². The standard InChI is InChI=1S/C21H18ClF3N6O2/c1-21(2,25)20-28-15(18(23)24)17(33-20)19(32)30-7-5-11-14(27-9-26-11)16(30)12-8-13-10(22)4-3-6-31(13)29-12/h3-4,6,8-9,16,18H,5,7H2,1-2H3,(H,26,27). The van der Waals surface area contributed by atoms with Gasteiger partial charge >= 0.3 is 0 Å². The molecule has 5 heterocycles. The number of carbonyl (C=O) groups is 1. The lowest BCUT2D eigenvalue weighted by Crippen LogP contribution is -2.41. The molecule has 0 spiro atoms. The van der Waals surface area contributed by atoms with Crippen molar-refractivity contribution in [3.05, 3.63) is 70.2 Å². The molecule has 0 aliphatic carbocycles. The molecule has 4 aromatic rings. The van der Waals surface area contributed by atoms with Gasteiger partial charge in [-0.05, 0) is 32.0 Å². The summed E-state index contributed by atoms with van der Waals surface area (Å²) in [6.07, 6.45) is 0.483. The molecular formula is C21H18ClF3N6O2. The van der Waals surface area contributed by atoms with Crippen LogP contribution in [0.25, 0.3) is 5.52 Å². The number of halogens is 4. The highest BCUT2D eigenvalue weighted by molar-refractivity contribution is 6.33. The van der Waals surface area contributed by atoms with E-state index in [0.29, 0.717) is 28.3 Å². The monoisotopic (exact) mass is 478 g/mol. The van der Waals surface area contributed by atoms with Crippen molar-refractivity contribution in [2.75, 3.05) is 6.54 Å². The minimum absolute atomic E-state index is 0.165. The van der Waals surface area contributed by atoms with Crippen LogP contribution in [0.3, 0.4) is 0 Å². The number of oxazole rings is 1. The largest absolute Gasteiger partial charge is 0.431 e. The number of amides is 1. The normalized spacial score (nSPS) is 16.6. The van der Waals surface area contributed by atoms with E-state index in [1.807, 2.05) is 0 Å². The van der Waals surface area contributed by atoms with Gasteiger partial charge in [-0.25, -0.2) is 27.7 Å². The van der Waals surface area contributed by atoms with Crippen molar-refractivity contribution >= 4 is 23.0 Å². The lowest BCUT2D eigenvalue weighted by Gasteiger charge is -2.33. The van der Waals surface area contributed by atoms with Gasteiger partial charge < -0.3 is 14.3 Å². The first kappa shape index (κ1) is 21.5. The van der Waals surface area contributed by atoms with Gasteiger partial charge in [0.25, 0.3) is 12.3 Å². The Morgan fingerprint density at radius 3 is 2.88 bits per heavy atom. The lowest BCUT2D eigenvalue weighted by atomic mass is 9.99. The second-order valence-corrected chi connectivity index (χ2v) is 8.59. The van der Waals surface area contributed by atoms with Gasteiger partial charge in [0.05, 0.1) is 28.3 Å². The van der Waals surface area contributed by atoms with Crippen LogP contribution in [-0.4, -0.2) is 41.9 Å². The molecule has 0 aromatic carbocycles. The average molecular weight is 479 g/mol. The Morgan fingerprint density at radius 2 is 2.18 bits per heavy atom. The summed E-state index contributed by atoms with van der Waals surface area (Å²) < 4.78 is 48.6. The maximum Gasteiger partial charge on any atom is 0.292 e. The summed E-state index contributed by atoms with van der Waals surface area (Å²) in [5.41, 5.74) is -0.669. The molecule has 1 aliphatic heterocycles. The number of nitrogens with one attached hydrogen (secondary N) is 1. The highest BCUT2D eigenvalue weighted by Crippen LogP contribution is 2.37. The first-order chi connectivity index (χ1) is 15.6. The van der Waals surface area contributed by atoms with Crippen molar-refractivity contribution in [3.63, 3.8) is 0 Å². The maximum atomic E-state index is 14.4. The van der Waals surface area contributed by atoms with Crippen LogP contribution in [-0.2, 0) is 12.1 Å². The van der Waals surface area contributed by atoms with Crippen LogP contribution >= 0.6 is 11.6 Å². The minimum atomic E-state index is -3.12. The second kappa shape index (κ2) is 7.62. The highest BCUT2D eigenvalue weighted by atomic mass is 35.5. The Bertz CT molecular complexity index is 1360. The first-order valence-electron chi connectivity index (χ1n) is 10.1. The number of carbonyl (C=O) groups excluding carboxylic acids is 1. The van der Waals surface area contributed by atoms with Crippen molar-refractivity contribution in [1.82, 2.24) is 29.5 Å². The molecule has 12 heteroatoms. The molecule has 1 unspecified atom stereocenters. The van der Waals surface area contributed by atoms with Crippen molar-refractivity contribution in [2.45, 2.75) is 38.4 Å². The molecule has 8 nitrogen and oxygen atoms in total. The van der Waals surface area contributed by atoms with Gasteiger partial charge in [0.15, 0.2) is 11.4 Å². The van der Waals surface area contributed by atoms with Crippen molar-refractivity contribution in [1.29, 1.82) is 0 Å². The van der Waals surface area contributed by atoms with E-state index in [4.69, 9.17) is 16.0 Å². The molecule has 0 fully saturated rings. The fourth-order valence-corrected chi connectivity index (χ4v) is 4.16. The van der Waals surface area contributed by atoms with Gasteiger partial charge in [0, 0.05) is 24.9 Å². The second-order valence-electron chi connectivity index (χ2n) is 8.18. The molecule has 1 aliphatic rings. The Hall–Kier alpha value is -3.34. The molecule has 0 radical (unpaired) electrons.